The largest absolute Gasteiger partial charge is 0.433 e. The molecule has 2 amide bonds. The summed E-state index contributed by atoms with van der Waals surface area (Å²) >= 11 is 0. The summed E-state index contributed by atoms with van der Waals surface area (Å²) in [6.07, 6.45) is 4.43. The monoisotopic (exact) mass is 473 g/mol. The number of hydrogen-bond donors (Lipinski definition) is 2. The Hall–Kier alpha value is -3.43. The van der Waals surface area contributed by atoms with E-state index >= 15 is 0 Å². The van der Waals surface area contributed by atoms with Gasteiger partial charge in [0, 0.05) is 49.1 Å². The predicted octanol–water partition coefficient (Wildman–Crippen LogP) is 4.43. The van der Waals surface area contributed by atoms with Crippen LogP contribution in [-0.2, 0) is 6.18 Å². The molecule has 1 saturated heterocycles. The Labute approximate surface area is 194 Å². The topological polar surface area (TPSA) is 91.0 Å². The van der Waals surface area contributed by atoms with Crippen molar-refractivity contribution in [1.29, 1.82) is 0 Å². The van der Waals surface area contributed by atoms with Gasteiger partial charge in [-0.05, 0) is 49.4 Å². The summed E-state index contributed by atoms with van der Waals surface area (Å²) in [6.45, 7) is 1.75. The van der Waals surface area contributed by atoms with Gasteiger partial charge in [-0.15, -0.1) is 0 Å². The number of H-pyrrole nitrogens is 1. The lowest BCUT2D eigenvalue weighted by molar-refractivity contribution is -0.141. The third kappa shape index (κ3) is 5.73. The number of nitrogens with zero attached hydrogens (tertiary/aromatic N) is 3. The van der Waals surface area contributed by atoms with E-state index in [4.69, 9.17) is 0 Å². The van der Waals surface area contributed by atoms with Gasteiger partial charge in [0.2, 0.25) is 0 Å². The molecule has 0 spiro atoms. The highest BCUT2D eigenvalue weighted by molar-refractivity contribution is 5.97. The maximum Gasteiger partial charge on any atom is 0.433 e. The number of aromatic nitrogens is 3. The summed E-state index contributed by atoms with van der Waals surface area (Å²) in [5.41, 5.74) is 0.564. The maximum absolute atomic E-state index is 12.6. The number of likely N-dealkylation sites (tertiary alicyclic amines) is 1. The maximum atomic E-state index is 12.6. The SMILES string of the molecule is O=C(NCCCCC1CCN(C(=O)c2ccc(C(F)(F)F)nc2)CC1)c1cc2cnccc2[nH]1. The van der Waals surface area contributed by atoms with Crippen molar-refractivity contribution in [3.8, 4) is 0 Å². The van der Waals surface area contributed by atoms with Crippen LogP contribution in [0.25, 0.3) is 10.9 Å². The summed E-state index contributed by atoms with van der Waals surface area (Å²) in [5, 5.41) is 3.83. The van der Waals surface area contributed by atoms with E-state index < -0.39 is 11.9 Å². The zero-order chi connectivity index (χ0) is 24.1. The van der Waals surface area contributed by atoms with Crippen LogP contribution < -0.4 is 5.32 Å². The zero-order valence-corrected chi connectivity index (χ0v) is 18.6. The lowest BCUT2D eigenvalue weighted by Gasteiger charge is -2.32. The van der Waals surface area contributed by atoms with Gasteiger partial charge in [0.05, 0.1) is 5.56 Å². The molecule has 7 nitrogen and oxygen atoms in total. The van der Waals surface area contributed by atoms with E-state index in [9.17, 15) is 22.8 Å². The highest BCUT2D eigenvalue weighted by atomic mass is 19.4. The number of pyridine rings is 2. The number of rotatable bonds is 7. The summed E-state index contributed by atoms with van der Waals surface area (Å²) in [5.74, 6) is 0.0719. The zero-order valence-electron chi connectivity index (χ0n) is 18.6. The molecule has 3 aromatic rings. The molecular weight excluding hydrogens is 447 g/mol. The Morgan fingerprint density at radius 2 is 1.91 bits per heavy atom. The van der Waals surface area contributed by atoms with Gasteiger partial charge in [-0.2, -0.15) is 13.2 Å². The van der Waals surface area contributed by atoms with Gasteiger partial charge >= 0.3 is 6.18 Å². The fraction of sp³-hybridized carbons (Fsp3) is 0.417. The summed E-state index contributed by atoms with van der Waals surface area (Å²) in [4.78, 5) is 37.0. The van der Waals surface area contributed by atoms with Crippen molar-refractivity contribution in [2.24, 2.45) is 5.92 Å². The molecule has 180 valence electrons. The van der Waals surface area contributed by atoms with Crippen LogP contribution in [0.2, 0.25) is 0 Å². The van der Waals surface area contributed by atoms with Gasteiger partial charge < -0.3 is 15.2 Å². The van der Waals surface area contributed by atoms with Crippen LogP contribution in [0.1, 0.15) is 58.6 Å². The van der Waals surface area contributed by atoms with Crippen molar-refractivity contribution in [2.75, 3.05) is 19.6 Å². The van der Waals surface area contributed by atoms with Crippen LogP contribution in [-0.4, -0.2) is 51.3 Å². The van der Waals surface area contributed by atoms with E-state index in [2.05, 4.69) is 20.3 Å². The Kier molecular flexibility index (Phi) is 7.14. The molecule has 0 saturated carbocycles. The van der Waals surface area contributed by atoms with Gasteiger partial charge in [-0.3, -0.25) is 19.6 Å². The normalized spacial score (nSPS) is 15.0. The lowest BCUT2D eigenvalue weighted by atomic mass is 9.91. The van der Waals surface area contributed by atoms with Crippen molar-refractivity contribution in [3.63, 3.8) is 0 Å². The number of hydrogen-bond acceptors (Lipinski definition) is 4. The highest BCUT2D eigenvalue weighted by Crippen LogP contribution is 2.28. The molecule has 2 N–H and O–H groups in total. The second-order valence-electron chi connectivity index (χ2n) is 8.56. The minimum absolute atomic E-state index is 0.138. The lowest BCUT2D eigenvalue weighted by Crippen LogP contribution is -2.38. The second kappa shape index (κ2) is 10.2. The number of piperidine rings is 1. The van der Waals surface area contributed by atoms with Crippen molar-refractivity contribution in [2.45, 2.75) is 38.3 Å². The quantitative estimate of drug-likeness (QED) is 0.497. The molecule has 10 heteroatoms. The molecular formula is C24H26F3N5O2. The fourth-order valence-corrected chi connectivity index (χ4v) is 4.25. The van der Waals surface area contributed by atoms with Crippen molar-refractivity contribution >= 4 is 22.7 Å². The second-order valence-corrected chi connectivity index (χ2v) is 8.56. The molecule has 0 unspecified atom stereocenters. The van der Waals surface area contributed by atoms with Gasteiger partial charge in [0.1, 0.15) is 11.4 Å². The molecule has 0 aliphatic carbocycles. The number of amides is 2. The molecule has 0 aromatic carbocycles. The van der Waals surface area contributed by atoms with Gasteiger partial charge in [-0.1, -0.05) is 12.8 Å². The molecule has 34 heavy (non-hydrogen) atoms. The first-order chi connectivity index (χ1) is 16.3. The molecule has 4 rings (SSSR count). The number of carbonyl (C=O) groups excluding carboxylic acids is 2. The standard InChI is InChI=1S/C24H26F3N5O2/c25-24(26,27)21-5-4-17(15-30-21)23(34)32-11-7-16(8-12-32)3-1-2-9-29-22(33)20-13-18-14-28-10-6-19(18)31-20/h4-6,10,13-16,31H,1-3,7-9,11-12H2,(H,29,33). The van der Waals surface area contributed by atoms with E-state index in [-0.39, 0.29) is 17.4 Å². The number of aromatic amines is 1. The van der Waals surface area contributed by atoms with Gasteiger partial charge in [0.15, 0.2) is 0 Å². The fourth-order valence-electron chi connectivity index (χ4n) is 4.25. The van der Waals surface area contributed by atoms with Crippen LogP contribution in [0.15, 0.2) is 42.9 Å². The van der Waals surface area contributed by atoms with Crippen LogP contribution in [0.4, 0.5) is 13.2 Å². The average molecular weight is 473 g/mol. The van der Waals surface area contributed by atoms with Crippen LogP contribution in [0.5, 0.6) is 0 Å². The predicted molar refractivity (Wildman–Crippen MR) is 120 cm³/mol. The number of unbranched alkanes of at least 4 members (excludes halogenated alkanes) is 1. The first-order valence-electron chi connectivity index (χ1n) is 11.3. The average Bonchev–Trinajstić information content (AvgIpc) is 3.28. The molecule has 0 radical (unpaired) electrons. The van der Waals surface area contributed by atoms with Crippen molar-refractivity contribution < 1.29 is 22.8 Å². The Morgan fingerprint density at radius 3 is 2.59 bits per heavy atom. The van der Waals surface area contributed by atoms with E-state index in [0.29, 0.717) is 31.2 Å². The number of halogens is 3. The molecule has 1 aliphatic rings. The van der Waals surface area contributed by atoms with Gasteiger partial charge in [-0.25, -0.2) is 0 Å². The van der Waals surface area contributed by atoms with E-state index in [0.717, 1.165) is 55.3 Å². The Bertz CT molecular complexity index is 1100. The molecule has 4 heterocycles. The first-order valence-corrected chi connectivity index (χ1v) is 11.3. The minimum Gasteiger partial charge on any atom is -0.351 e. The summed E-state index contributed by atoms with van der Waals surface area (Å²) in [7, 11) is 0. The smallest absolute Gasteiger partial charge is 0.351 e. The summed E-state index contributed by atoms with van der Waals surface area (Å²) < 4.78 is 37.9. The Balaban J connectivity index is 1.14. The first kappa shape index (κ1) is 23.7. The van der Waals surface area contributed by atoms with Crippen molar-refractivity contribution in [3.05, 3.63) is 59.8 Å². The minimum atomic E-state index is -4.52. The Morgan fingerprint density at radius 1 is 1.12 bits per heavy atom. The molecule has 0 bridgehead atoms. The molecule has 3 aromatic heterocycles. The third-order valence-electron chi connectivity index (χ3n) is 6.19. The number of nitrogens with one attached hydrogen (secondary N) is 2. The molecule has 0 atom stereocenters. The summed E-state index contributed by atoms with van der Waals surface area (Å²) in [6, 6.07) is 5.64. The molecule has 1 fully saturated rings. The molecule has 1 aliphatic heterocycles. The van der Waals surface area contributed by atoms with Crippen LogP contribution in [0, 0.1) is 5.92 Å². The third-order valence-corrected chi connectivity index (χ3v) is 6.19. The van der Waals surface area contributed by atoms with Crippen LogP contribution >= 0.6 is 0 Å². The van der Waals surface area contributed by atoms with Crippen LogP contribution in [0.3, 0.4) is 0 Å². The highest BCUT2D eigenvalue weighted by Gasteiger charge is 2.32. The van der Waals surface area contributed by atoms with E-state index in [1.807, 2.05) is 6.07 Å². The number of alkyl halides is 3. The van der Waals surface area contributed by atoms with E-state index in [1.54, 1.807) is 23.4 Å². The van der Waals surface area contributed by atoms with Crippen molar-refractivity contribution in [1.82, 2.24) is 25.2 Å². The van der Waals surface area contributed by atoms with Gasteiger partial charge in [0.25, 0.3) is 11.8 Å². The van der Waals surface area contributed by atoms with E-state index in [1.165, 1.54) is 6.07 Å². The number of carbonyl (C=O) groups is 2. The number of fused-ring (bicyclic) bond motifs is 1.